The molecule has 2 aliphatic rings. The number of carbonyl (C=O) groups excluding carboxylic acids is 1. The lowest BCUT2D eigenvalue weighted by Crippen LogP contribution is -2.48. The minimum Gasteiger partial charge on any atom is -0.369 e. The summed E-state index contributed by atoms with van der Waals surface area (Å²) in [6.07, 6.45) is 5.43. The van der Waals surface area contributed by atoms with Crippen molar-refractivity contribution in [2.45, 2.75) is 56.9 Å². The smallest absolute Gasteiger partial charge is 0.251 e. The van der Waals surface area contributed by atoms with Gasteiger partial charge in [0.05, 0.1) is 4.90 Å². The zero-order chi connectivity index (χ0) is 23.6. The molecule has 33 heavy (non-hydrogen) atoms. The molecule has 0 atom stereocenters. The lowest BCUT2D eigenvalue weighted by atomic mass is 9.95. The van der Waals surface area contributed by atoms with Crippen molar-refractivity contribution in [2.24, 2.45) is 0 Å². The number of rotatable bonds is 5. The Bertz CT molecular complexity index is 1120. The number of amides is 1. The van der Waals surface area contributed by atoms with Gasteiger partial charge in [-0.2, -0.15) is 4.31 Å². The van der Waals surface area contributed by atoms with E-state index >= 15 is 0 Å². The van der Waals surface area contributed by atoms with Crippen LogP contribution in [0.5, 0.6) is 0 Å². The summed E-state index contributed by atoms with van der Waals surface area (Å²) >= 11 is 6.17. The van der Waals surface area contributed by atoms with Gasteiger partial charge in [-0.15, -0.1) is 0 Å². The predicted octanol–water partition coefficient (Wildman–Crippen LogP) is 4.53. The van der Waals surface area contributed by atoms with Gasteiger partial charge in [0, 0.05) is 48.5 Å². The second-order valence-corrected chi connectivity index (χ2v) is 11.5. The van der Waals surface area contributed by atoms with Crippen LogP contribution in [0.15, 0.2) is 41.3 Å². The summed E-state index contributed by atoms with van der Waals surface area (Å²) in [6.45, 7) is 5.80. The van der Waals surface area contributed by atoms with Crippen molar-refractivity contribution in [3.05, 3.63) is 58.1 Å². The van der Waals surface area contributed by atoms with Crippen molar-refractivity contribution in [2.75, 3.05) is 31.1 Å². The van der Waals surface area contributed by atoms with Gasteiger partial charge in [0.25, 0.3) is 5.91 Å². The van der Waals surface area contributed by atoms with Crippen LogP contribution in [-0.4, -0.2) is 50.9 Å². The van der Waals surface area contributed by atoms with E-state index in [4.69, 9.17) is 11.6 Å². The Kier molecular flexibility index (Phi) is 7.31. The van der Waals surface area contributed by atoms with Crippen LogP contribution in [0, 0.1) is 13.8 Å². The van der Waals surface area contributed by atoms with E-state index in [0.717, 1.165) is 42.5 Å². The highest BCUT2D eigenvalue weighted by molar-refractivity contribution is 7.89. The van der Waals surface area contributed by atoms with Gasteiger partial charge in [0.1, 0.15) is 0 Å². The largest absolute Gasteiger partial charge is 0.369 e. The average Bonchev–Trinajstić information content (AvgIpc) is 2.81. The minimum atomic E-state index is -3.69. The fourth-order valence-electron chi connectivity index (χ4n) is 4.76. The first-order valence-corrected chi connectivity index (χ1v) is 13.5. The van der Waals surface area contributed by atoms with Crippen LogP contribution in [-0.2, 0) is 10.0 Å². The van der Waals surface area contributed by atoms with Crippen LogP contribution < -0.4 is 10.2 Å². The third kappa shape index (κ3) is 5.36. The summed E-state index contributed by atoms with van der Waals surface area (Å²) < 4.78 is 28.3. The molecule has 1 saturated carbocycles. The molecule has 1 amide bonds. The Morgan fingerprint density at radius 3 is 2.30 bits per heavy atom. The van der Waals surface area contributed by atoms with E-state index in [1.165, 1.54) is 16.8 Å². The molecule has 0 unspecified atom stereocenters. The highest BCUT2D eigenvalue weighted by atomic mass is 35.5. The number of benzene rings is 2. The maximum Gasteiger partial charge on any atom is 0.251 e. The van der Waals surface area contributed by atoms with Gasteiger partial charge in [-0.3, -0.25) is 4.79 Å². The molecule has 2 aromatic rings. The number of nitrogens with one attached hydrogen (secondary N) is 1. The maximum absolute atomic E-state index is 13.4. The third-order valence-electron chi connectivity index (χ3n) is 6.78. The van der Waals surface area contributed by atoms with Crippen LogP contribution in [0.2, 0.25) is 5.02 Å². The molecular weight excluding hydrogens is 458 g/mol. The molecule has 0 radical (unpaired) electrons. The zero-order valence-electron chi connectivity index (χ0n) is 19.3. The molecule has 1 N–H and O–H groups in total. The molecule has 1 aliphatic carbocycles. The van der Waals surface area contributed by atoms with E-state index in [1.54, 1.807) is 12.1 Å². The SMILES string of the molecule is Cc1ccc(S(=O)(=O)N2CCN(c3cc(Cl)ccc3C)CC2)cc1C(=O)NC1CCCCC1. The van der Waals surface area contributed by atoms with Gasteiger partial charge in [-0.05, 0) is 62.1 Å². The highest BCUT2D eigenvalue weighted by Gasteiger charge is 2.30. The Hall–Kier alpha value is -2.09. The van der Waals surface area contributed by atoms with E-state index in [9.17, 15) is 13.2 Å². The van der Waals surface area contributed by atoms with Gasteiger partial charge in [0.15, 0.2) is 0 Å². The molecular formula is C25H32ClN3O3S. The van der Waals surface area contributed by atoms with Crippen LogP contribution >= 0.6 is 11.6 Å². The van der Waals surface area contributed by atoms with Gasteiger partial charge in [0.2, 0.25) is 10.0 Å². The van der Waals surface area contributed by atoms with Gasteiger partial charge in [-0.25, -0.2) is 8.42 Å². The van der Waals surface area contributed by atoms with Crippen molar-refractivity contribution in [1.29, 1.82) is 0 Å². The topological polar surface area (TPSA) is 69.7 Å². The summed E-state index contributed by atoms with van der Waals surface area (Å²) in [5.41, 5.74) is 3.37. The Morgan fingerprint density at radius 1 is 0.939 bits per heavy atom. The van der Waals surface area contributed by atoms with Crippen LogP contribution in [0.4, 0.5) is 5.69 Å². The maximum atomic E-state index is 13.4. The van der Waals surface area contributed by atoms with Crippen LogP contribution in [0.3, 0.4) is 0 Å². The minimum absolute atomic E-state index is 0.175. The second kappa shape index (κ2) is 10.0. The normalized spacial score (nSPS) is 18.3. The number of hydrogen-bond acceptors (Lipinski definition) is 4. The first kappa shape index (κ1) is 24.0. The van der Waals surface area contributed by atoms with Gasteiger partial charge >= 0.3 is 0 Å². The molecule has 0 aromatic heterocycles. The number of anilines is 1. The molecule has 2 aromatic carbocycles. The van der Waals surface area contributed by atoms with Crippen molar-refractivity contribution in [3.63, 3.8) is 0 Å². The molecule has 1 heterocycles. The van der Waals surface area contributed by atoms with E-state index in [1.807, 2.05) is 32.0 Å². The average molecular weight is 490 g/mol. The molecule has 2 fully saturated rings. The molecule has 6 nitrogen and oxygen atoms in total. The third-order valence-corrected chi connectivity index (χ3v) is 8.91. The number of nitrogens with zero attached hydrogens (tertiary/aromatic N) is 2. The van der Waals surface area contributed by atoms with Crippen molar-refractivity contribution < 1.29 is 13.2 Å². The Balaban J connectivity index is 1.48. The molecule has 8 heteroatoms. The fourth-order valence-corrected chi connectivity index (χ4v) is 6.37. The summed E-state index contributed by atoms with van der Waals surface area (Å²) in [5, 5.41) is 3.77. The number of halogens is 1. The van der Waals surface area contributed by atoms with Crippen molar-refractivity contribution >= 4 is 33.2 Å². The number of aryl methyl sites for hydroxylation is 2. The Morgan fingerprint density at radius 2 is 1.61 bits per heavy atom. The lowest BCUT2D eigenvalue weighted by molar-refractivity contribution is 0.0927. The lowest BCUT2D eigenvalue weighted by Gasteiger charge is -2.36. The standard InChI is InChI=1S/C25H32ClN3O3S/c1-18-9-11-22(17-23(18)25(30)27-21-6-4-3-5-7-21)33(31,32)29-14-12-28(13-15-29)24-16-20(26)10-8-19(24)2/h8-11,16-17,21H,3-7,12-15H2,1-2H3,(H,27,30). The fraction of sp³-hybridized carbons (Fsp3) is 0.480. The summed E-state index contributed by atoms with van der Waals surface area (Å²) in [4.78, 5) is 15.3. The first-order chi connectivity index (χ1) is 15.8. The monoisotopic (exact) mass is 489 g/mol. The molecule has 4 rings (SSSR count). The quantitative estimate of drug-likeness (QED) is 0.669. The number of piperazine rings is 1. The molecule has 178 valence electrons. The number of carbonyl (C=O) groups is 1. The molecule has 0 bridgehead atoms. The predicted molar refractivity (Wildman–Crippen MR) is 133 cm³/mol. The number of sulfonamides is 1. The van der Waals surface area contributed by atoms with E-state index in [0.29, 0.717) is 36.8 Å². The summed E-state index contributed by atoms with van der Waals surface area (Å²) in [5.74, 6) is -0.183. The summed E-state index contributed by atoms with van der Waals surface area (Å²) in [6, 6.07) is 10.8. The summed E-state index contributed by atoms with van der Waals surface area (Å²) in [7, 11) is -3.69. The van der Waals surface area contributed by atoms with Crippen LogP contribution in [0.1, 0.15) is 53.6 Å². The zero-order valence-corrected chi connectivity index (χ0v) is 20.9. The molecule has 1 saturated heterocycles. The van der Waals surface area contributed by atoms with Crippen molar-refractivity contribution in [3.8, 4) is 0 Å². The van der Waals surface area contributed by atoms with Crippen molar-refractivity contribution in [1.82, 2.24) is 9.62 Å². The molecule has 1 aliphatic heterocycles. The van der Waals surface area contributed by atoms with Gasteiger partial charge < -0.3 is 10.2 Å². The molecule has 0 spiro atoms. The second-order valence-electron chi connectivity index (χ2n) is 9.11. The Labute approximate surface area is 202 Å². The van der Waals surface area contributed by atoms with E-state index < -0.39 is 10.0 Å². The number of hydrogen-bond donors (Lipinski definition) is 1. The first-order valence-electron chi connectivity index (χ1n) is 11.7. The van der Waals surface area contributed by atoms with E-state index in [2.05, 4.69) is 10.2 Å². The van der Waals surface area contributed by atoms with Crippen LogP contribution in [0.25, 0.3) is 0 Å². The highest BCUT2D eigenvalue weighted by Crippen LogP contribution is 2.27. The van der Waals surface area contributed by atoms with Gasteiger partial charge in [-0.1, -0.05) is 43.0 Å². The van der Waals surface area contributed by atoms with E-state index in [-0.39, 0.29) is 16.8 Å².